The van der Waals surface area contributed by atoms with Crippen molar-refractivity contribution in [2.75, 3.05) is 18.4 Å². The summed E-state index contributed by atoms with van der Waals surface area (Å²) in [7, 11) is 0. The number of benzene rings is 1. The fourth-order valence-electron chi connectivity index (χ4n) is 2.19. The normalized spacial score (nSPS) is 14.3. The maximum absolute atomic E-state index is 12.9. The van der Waals surface area contributed by atoms with Gasteiger partial charge in [0.2, 0.25) is 5.91 Å². The molecule has 0 bridgehead atoms. The van der Waals surface area contributed by atoms with Crippen LogP contribution in [0.2, 0.25) is 0 Å². The lowest BCUT2D eigenvalue weighted by Gasteiger charge is -2.08. The minimum absolute atomic E-state index is 0.0536. The smallest absolute Gasteiger partial charge is 0.324 e. The van der Waals surface area contributed by atoms with E-state index >= 15 is 0 Å². The third-order valence-corrected chi connectivity index (χ3v) is 3.44. The molecule has 1 fully saturated rings. The molecule has 0 radical (unpaired) electrons. The molecule has 24 heavy (non-hydrogen) atoms. The number of imide groups is 1. The highest BCUT2D eigenvalue weighted by molar-refractivity contribution is 6.02. The Morgan fingerprint density at radius 1 is 1.21 bits per heavy atom. The Kier molecular flexibility index (Phi) is 4.51. The number of anilines is 2. The molecule has 0 saturated carbocycles. The van der Waals surface area contributed by atoms with Gasteiger partial charge in [0.15, 0.2) is 0 Å². The van der Waals surface area contributed by atoms with Gasteiger partial charge in [0.1, 0.15) is 11.6 Å². The molecule has 2 N–H and O–H groups in total. The molecule has 1 saturated heterocycles. The molecule has 0 atom stereocenters. The number of rotatable bonds is 5. The SMILES string of the molecule is O=C1CNC(=O)N1C/C=C/c1ccc(Nc2ccc(F)cc2)nc1. The summed E-state index contributed by atoms with van der Waals surface area (Å²) in [5, 5.41) is 5.52. The van der Waals surface area contributed by atoms with E-state index in [2.05, 4.69) is 15.6 Å². The van der Waals surface area contributed by atoms with Crippen molar-refractivity contribution in [3.8, 4) is 0 Å². The number of carbonyl (C=O) groups is 2. The lowest BCUT2D eigenvalue weighted by Crippen LogP contribution is -2.30. The van der Waals surface area contributed by atoms with Crippen LogP contribution in [0.4, 0.5) is 20.7 Å². The predicted octanol–water partition coefficient (Wildman–Crippen LogP) is 2.53. The quantitative estimate of drug-likeness (QED) is 0.828. The van der Waals surface area contributed by atoms with Gasteiger partial charge in [-0.15, -0.1) is 0 Å². The first-order chi connectivity index (χ1) is 11.6. The largest absolute Gasteiger partial charge is 0.340 e. The fourth-order valence-corrected chi connectivity index (χ4v) is 2.19. The van der Waals surface area contributed by atoms with E-state index in [1.54, 1.807) is 36.5 Å². The van der Waals surface area contributed by atoms with Crippen LogP contribution >= 0.6 is 0 Å². The second-order valence-electron chi connectivity index (χ2n) is 5.17. The van der Waals surface area contributed by atoms with Crippen molar-refractivity contribution in [2.45, 2.75) is 0 Å². The average Bonchev–Trinajstić information content (AvgIpc) is 2.90. The predicted molar refractivity (Wildman–Crippen MR) is 88.1 cm³/mol. The molecule has 122 valence electrons. The summed E-state index contributed by atoms with van der Waals surface area (Å²) < 4.78 is 12.9. The Balaban J connectivity index is 1.58. The van der Waals surface area contributed by atoms with Crippen LogP contribution in [0.15, 0.2) is 48.7 Å². The third kappa shape index (κ3) is 3.75. The summed E-state index contributed by atoms with van der Waals surface area (Å²) in [4.78, 5) is 28.2. The summed E-state index contributed by atoms with van der Waals surface area (Å²) in [5.74, 6) is 0.105. The molecule has 2 heterocycles. The molecule has 1 aromatic carbocycles. The Bertz CT molecular complexity index is 756. The maximum Gasteiger partial charge on any atom is 0.324 e. The molecule has 2 aromatic rings. The van der Waals surface area contributed by atoms with Crippen molar-refractivity contribution in [1.82, 2.24) is 15.2 Å². The molecule has 3 rings (SSSR count). The first kappa shape index (κ1) is 15.7. The molecule has 0 aliphatic carbocycles. The minimum Gasteiger partial charge on any atom is -0.340 e. The topological polar surface area (TPSA) is 74.3 Å². The van der Waals surface area contributed by atoms with E-state index in [0.29, 0.717) is 5.82 Å². The van der Waals surface area contributed by atoms with Crippen LogP contribution in [0.3, 0.4) is 0 Å². The van der Waals surface area contributed by atoms with E-state index in [-0.39, 0.29) is 30.8 Å². The first-order valence-corrected chi connectivity index (χ1v) is 7.35. The van der Waals surface area contributed by atoms with E-state index in [1.807, 2.05) is 6.07 Å². The Labute approximate surface area is 138 Å². The third-order valence-electron chi connectivity index (χ3n) is 3.44. The molecule has 1 aliphatic rings. The zero-order chi connectivity index (χ0) is 16.9. The van der Waals surface area contributed by atoms with E-state index in [1.165, 1.54) is 12.1 Å². The zero-order valence-electron chi connectivity index (χ0n) is 12.7. The summed E-state index contributed by atoms with van der Waals surface area (Å²) >= 11 is 0. The monoisotopic (exact) mass is 326 g/mol. The maximum atomic E-state index is 12.9. The van der Waals surface area contributed by atoms with Crippen LogP contribution in [0.1, 0.15) is 5.56 Å². The van der Waals surface area contributed by atoms with Crippen molar-refractivity contribution < 1.29 is 14.0 Å². The van der Waals surface area contributed by atoms with Crippen LogP contribution < -0.4 is 10.6 Å². The molecule has 1 aromatic heterocycles. The number of halogens is 1. The Morgan fingerprint density at radius 2 is 2.00 bits per heavy atom. The highest BCUT2D eigenvalue weighted by Crippen LogP contribution is 2.15. The molecule has 7 heteroatoms. The van der Waals surface area contributed by atoms with Gasteiger partial charge in [0.05, 0.1) is 6.54 Å². The molecule has 0 spiro atoms. The van der Waals surface area contributed by atoms with Gasteiger partial charge in [-0.3, -0.25) is 9.69 Å². The summed E-state index contributed by atoms with van der Waals surface area (Å²) in [6.07, 6.45) is 5.18. The van der Waals surface area contributed by atoms with Crippen LogP contribution in [-0.2, 0) is 4.79 Å². The van der Waals surface area contributed by atoms with E-state index in [4.69, 9.17) is 0 Å². The Morgan fingerprint density at radius 3 is 2.62 bits per heavy atom. The number of amides is 3. The van der Waals surface area contributed by atoms with Crippen molar-refractivity contribution in [1.29, 1.82) is 0 Å². The van der Waals surface area contributed by atoms with Gasteiger partial charge in [-0.25, -0.2) is 14.2 Å². The minimum atomic E-state index is -0.373. The highest BCUT2D eigenvalue weighted by atomic mass is 19.1. The van der Waals surface area contributed by atoms with Crippen LogP contribution in [0.5, 0.6) is 0 Å². The Hall–Kier alpha value is -3.22. The van der Waals surface area contributed by atoms with E-state index in [0.717, 1.165) is 16.2 Å². The number of hydrogen-bond acceptors (Lipinski definition) is 4. The van der Waals surface area contributed by atoms with Gasteiger partial charge in [-0.1, -0.05) is 12.2 Å². The lowest BCUT2D eigenvalue weighted by molar-refractivity contribution is -0.124. The van der Waals surface area contributed by atoms with Crippen molar-refractivity contribution in [3.63, 3.8) is 0 Å². The highest BCUT2D eigenvalue weighted by Gasteiger charge is 2.26. The molecule has 3 amide bonds. The summed E-state index contributed by atoms with van der Waals surface area (Å²) in [5.41, 5.74) is 1.58. The standard InChI is InChI=1S/C17H15FN4O2/c18-13-4-6-14(7-5-13)21-15-8-3-12(10-19-15)2-1-9-22-16(23)11-20-17(22)24/h1-8,10H,9,11H2,(H,19,21)(H,20,24)/b2-1+. The molecular weight excluding hydrogens is 311 g/mol. The summed E-state index contributed by atoms with van der Waals surface area (Å²) in [6.45, 7) is 0.276. The van der Waals surface area contributed by atoms with Gasteiger partial charge in [0.25, 0.3) is 0 Å². The van der Waals surface area contributed by atoms with Crippen molar-refractivity contribution in [2.24, 2.45) is 0 Å². The number of nitrogens with one attached hydrogen (secondary N) is 2. The number of pyridine rings is 1. The van der Waals surface area contributed by atoms with Crippen molar-refractivity contribution in [3.05, 3.63) is 60.1 Å². The van der Waals surface area contributed by atoms with E-state index < -0.39 is 0 Å². The fraction of sp³-hybridized carbons (Fsp3) is 0.118. The lowest BCUT2D eigenvalue weighted by atomic mass is 10.2. The number of nitrogens with zero attached hydrogens (tertiary/aromatic N) is 2. The van der Waals surface area contributed by atoms with Gasteiger partial charge < -0.3 is 10.6 Å². The molecular formula is C17H15FN4O2. The van der Waals surface area contributed by atoms with Gasteiger partial charge in [-0.05, 0) is 42.0 Å². The molecule has 1 aliphatic heterocycles. The summed E-state index contributed by atoms with van der Waals surface area (Å²) in [6, 6.07) is 9.26. The second-order valence-corrected chi connectivity index (χ2v) is 5.17. The number of aromatic nitrogens is 1. The molecule has 0 unspecified atom stereocenters. The van der Waals surface area contributed by atoms with Gasteiger partial charge in [-0.2, -0.15) is 0 Å². The number of urea groups is 1. The van der Waals surface area contributed by atoms with Gasteiger partial charge >= 0.3 is 6.03 Å². The van der Waals surface area contributed by atoms with E-state index in [9.17, 15) is 14.0 Å². The number of carbonyl (C=O) groups excluding carboxylic acids is 2. The van der Waals surface area contributed by atoms with Gasteiger partial charge in [0, 0.05) is 18.4 Å². The second kappa shape index (κ2) is 6.91. The van der Waals surface area contributed by atoms with Crippen molar-refractivity contribution >= 4 is 29.5 Å². The molecule has 6 nitrogen and oxygen atoms in total. The first-order valence-electron chi connectivity index (χ1n) is 7.35. The zero-order valence-corrected chi connectivity index (χ0v) is 12.7. The van der Waals surface area contributed by atoms with Crippen LogP contribution in [0, 0.1) is 5.82 Å². The van der Waals surface area contributed by atoms with Crippen LogP contribution in [0.25, 0.3) is 6.08 Å². The number of hydrogen-bond donors (Lipinski definition) is 2. The average molecular weight is 326 g/mol. The van der Waals surface area contributed by atoms with Crippen LogP contribution in [-0.4, -0.2) is 34.9 Å².